The minimum Gasteiger partial charge on any atom is -0.490 e. The van der Waals surface area contributed by atoms with Crippen molar-refractivity contribution in [2.75, 3.05) is 30.0 Å². The molecule has 1 fully saturated rings. The molecule has 3 aromatic rings. The molecule has 12 heteroatoms. The fourth-order valence-electron chi connectivity index (χ4n) is 3.91. The van der Waals surface area contributed by atoms with Crippen LogP contribution in [0.2, 0.25) is 0 Å². The van der Waals surface area contributed by atoms with Crippen molar-refractivity contribution < 1.29 is 22.7 Å². The molecule has 4 heterocycles. The molecule has 1 atom stereocenters. The number of rotatable bonds is 4. The van der Waals surface area contributed by atoms with Gasteiger partial charge in [0, 0.05) is 18.2 Å². The molecule has 5 rings (SSSR count). The Morgan fingerprint density at radius 1 is 1.22 bits per heavy atom. The van der Waals surface area contributed by atoms with Crippen molar-refractivity contribution in [3.8, 4) is 11.5 Å². The van der Waals surface area contributed by atoms with Crippen molar-refractivity contribution in [1.82, 2.24) is 19.3 Å². The lowest BCUT2D eigenvalue weighted by Crippen LogP contribution is -2.28. The highest BCUT2D eigenvalue weighted by atomic mass is 32.2. The van der Waals surface area contributed by atoms with Crippen LogP contribution in [0.1, 0.15) is 18.9 Å². The minimum absolute atomic E-state index is 0.0213. The number of aromatic nitrogens is 4. The van der Waals surface area contributed by atoms with E-state index in [-0.39, 0.29) is 29.5 Å². The van der Waals surface area contributed by atoms with Crippen LogP contribution in [0.15, 0.2) is 35.5 Å². The smallest absolute Gasteiger partial charge is 0.264 e. The normalized spacial score (nSPS) is 19.6. The number of hydrogen-bond donors (Lipinski definition) is 1. The lowest BCUT2D eigenvalue weighted by Gasteiger charge is -2.11. The predicted octanol–water partition coefficient (Wildman–Crippen LogP) is 0.753. The van der Waals surface area contributed by atoms with E-state index in [1.54, 1.807) is 18.2 Å². The van der Waals surface area contributed by atoms with Crippen molar-refractivity contribution in [2.45, 2.75) is 25.4 Å². The van der Waals surface area contributed by atoms with E-state index in [2.05, 4.69) is 15.4 Å². The maximum atomic E-state index is 12.8. The average molecular weight is 459 g/mol. The summed E-state index contributed by atoms with van der Waals surface area (Å²) < 4.78 is 37.4. The number of nitrogens with zero attached hydrogens (tertiary/aromatic N) is 4. The molecule has 11 nitrogen and oxygen atoms in total. The SMILES string of the molecule is O=C(Cn1cnc2c(cnn2C2CCS(=O)(=O)C2)c1=O)Nc1ccc2c(c1)OCCCO2. The van der Waals surface area contributed by atoms with Gasteiger partial charge in [-0.25, -0.2) is 18.1 Å². The molecule has 2 aromatic heterocycles. The standard InChI is InChI=1S/C20H21N5O6S/c26-18(23-13-2-3-16-17(8-13)31-6-1-5-30-16)10-24-12-21-19-15(20(24)27)9-22-25(19)14-4-7-32(28,29)11-14/h2-3,8-9,12,14H,1,4-7,10-11H2,(H,23,26). The van der Waals surface area contributed by atoms with E-state index in [9.17, 15) is 18.0 Å². The molecule has 2 aliphatic heterocycles. The molecule has 1 unspecified atom stereocenters. The van der Waals surface area contributed by atoms with Crippen LogP contribution < -0.4 is 20.3 Å². The number of nitrogens with one attached hydrogen (secondary N) is 1. The van der Waals surface area contributed by atoms with Gasteiger partial charge in [0.05, 0.1) is 37.0 Å². The van der Waals surface area contributed by atoms with E-state index in [0.717, 1.165) is 6.42 Å². The van der Waals surface area contributed by atoms with Crippen molar-refractivity contribution in [1.29, 1.82) is 0 Å². The summed E-state index contributed by atoms with van der Waals surface area (Å²) in [7, 11) is -3.10. The minimum atomic E-state index is -3.10. The Labute approximate surface area is 182 Å². The van der Waals surface area contributed by atoms with E-state index < -0.39 is 21.3 Å². The number of fused-ring (bicyclic) bond motifs is 2. The maximum Gasteiger partial charge on any atom is 0.264 e. The first kappa shape index (κ1) is 20.5. The van der Waals surface area contributed by atoms with Gasteiger partial charge in [-0.05, 0) is 18.6 Å². The van der Waals surface area contributed by atoms with Crippen LogP contribution in [0, 0.1) is 0 Å². The van der Waals surface area contributed by atoms with Crippen molar-refractivity contribution >= 4 is 32.5 Å². The second kappa shape index (κ2) is 7.93. The fourth-order valence-corrected chi connectivity index (χ4v) is 5.60. The number of carbonyl (C=O) groups excluding carboxylic acids is 1. The van der Waals surface area contributed by atoms with Crippen LogP contribution in [0.4, 0.5) is 5.69 Å². The zero-order valence-corrected chi connectivity index (χ0v) is 17.9. The summed E-state index contributed by atoms with van der Waals surface area (Å²) in [6.07, 6.45) is 3.86. The molecule has 1 N–H and O–H groups in total. The summed E-state index contributed by atoms with van der Waals surface area (Å²) in [4.78, 5) is 29.6. The van der Waals surface area contributed by atoms with E-state index >= 15 is 0 Å². The van der Waals surface area contributed by atoms with Gasteiger partial charge in [-0.3, -0.25) is 14.2 Å². The molecular formula is C20H21N5O6S. The van der Waals surface area contributed by atoms with Gasteiger partial charge in [-0.15, -0.1) is 0 Å². The number of sulfone groups is 1. The molecule has 0 spiro atoms. The first-order chi connectivity index (χ1) is 15.4. The molecule has 1 saturated heterocycles. The third-order valence-electron chi connectivity index (χ3n) is 5.48. The Hall–Kier alpha value is -3.41. The second-order valence-electron chi connectivity index (χ2n) is 7.82. The highest BCUT2D eigenvalue weighted by molar-refractivity contribution is 7.91. The molecule has 0 radical (unpaired) electrons. The van der Waals surface area contributed by atoms with Crippen LogP contribution in [-0.4, -0.2) is 58.4 Å². The monoisotopic (exact) mass is 459 g/mol. The van der Waals surface area contributed by atoms with Gasteiger partial charge in [0.15, 0.2) is 27.0 Å². The number of benzene rings is 1. The van der Waals surface area contributed by atoms with Gasteiger partial charge in [-0.1, -0.05) is 0 Å². The topological polar surface area (TPSA) is 134 Å². The average Bonchev–Trinajstić information content (AvgIpc) is 3.25. The zero-order chi connectivity index (χ0) is 22.3. The van der Waals surface area contributed by atoms with Crippen LogP contribution >= 0.6 is 0 Å². The van der Waals surface area contributed by atoms with E-state index in [1.165, 1.54) is 21.8 Å². The number of anilines is 1. The lowest BCUT2D eigenvalue weighted by molar-refractivity contribution is -0.116. The number of ether oxygens (including phenoxy) is 2. The number of hydrogen-bond acceptors (Lipinski definition) is 8. The largest absolute Gasteiger partial charge is 0.490 e. The third kappa shape index (κ3) is 3.93. The summed E-state index contributed by atoms with van der Waals surface area (Å²) >= 11 is 0. The highest BCUT2D eigenvalue weighted by Gasteiger charge is 2.31. The zero-order valence-electron chi connectivity index (χ0n) is 17.1. The van der Waals surface area contributed by atoms with E-state index in [1.807, 2.05) is 0 Å². The van der Waals surface area contributed by atoms with Crippen LogP contribution in [0.3, 0.4) is 0 Å². The Morgan fingerprint density at radius 2 is 2.03 bits per heavy atom. The lowest BCUT2D eigenvalue weighted by atomic mass is 10.2. The van der Waals surface area contributed by atoms with E-state index in [4.69, 9.17) is 9.47 Å². The Balaban J connectivity index is 1.33. The summed E-state index contributed by atoms with van der Waals surface area (Å²) in [6.45, 7) is 0.870. The van der Waals surface area contributed by atoms with Gasteiger partial charge in [0.2, 0.25) is 5.91 Å². The molecule has 168 valence electrons. The second-order valence-corrected chi connectivity index (χ2v) is 10.0. The number of amides is 1. The van der Waals surface area contributed by atoms with Gasteiger partial charge >= 0.3 is 0 Å². The molecule has 32 heavy (non-hydrogen) atoms. The molecule has 1 amide bonds. The molecule has 1 aromatic carbocycles. The first-order valence-electron chi connectivity index (χ1n) is 10.2. The van der Waals surface area contributed by atoms with E-state index in [0.29, 0.717) is 42.5 Å². The van der Waals surface area contributed by atoms with Gasteiger partial charge in [0.25, 0.3) is 5.56 Å². The predicted molar refractivity (Wildman–Crippen MR) is 115 cm³/mol. The van der Waals surface area contributed by atoms with Gasteiger partial charge in [-0.2, -0.15) is 5.10 Å². The Morgan fingerprint density at radius 3 is 2.81 bits per heavy atom. The first-order valence-corrected chi connectivity index (χ1v) is 12.0. The summed E-state index contributed by atoms with van der Waals surface area (Å²) in [5.74, 6) is 0.847. The molecule has 2 aliphatic rings. The summed E-state index contributed by atoms with van der Waals surface area (Å²) in [6, 6.07) is 4.77. The molecule has 0 aliphatic carbocycles. The van der Waals surface area contributed by atoms with Crippen LogP contribution in [-0.2, 0) is 21.2 Å². The molecular weight excluding hydrogens is 438 g/mol. The fraction of sp³-hybridized carbons (Fsp3) is 0.400. The quantitative estimate of drug-likeness (QED) is 0.604. The van der Waals surface area contributed by atoms with Crippen LogP contribution in [0.25, 0.3) is 11.0 Å². The number of carbonyl (C=O) groups is 1. The third-order valence-corrected chi connectivity index (χ3v) is 7.23. The summed E-state index contributed by atoms with van der Waals surface area (Å²) in [5.41, 5.74) is 0.421. The van der Waals surface area contributed by atoms with Crippen molar-refractivity contribution in [3.05, 3.63) is 41.1 Å². The molecule has 0 saturated carbocycles. The van der Waals surface area contributed by atoms with Gasteiger partial charge in [0.1, 0.15) is 18.3 Å². The van der Waals surface area contributed by atoms with Crippen molar-refractivity contribution in [2.24, 2.45) is 0 Å². The molecule has 0 bridgehead atoms. The van der Waals surface area contributed by atoms with Crippen molar-refractivity contribution in [3.63, 3.8) is 0 Å². The maximum absolute atomic E-state index is 12.8. The van der Waals surface area contributed by atoms with Gasteiger partial charge < -0.3 is 14.8 Å². The summed E-state index contributed by atoms with van der Waals surface area (Å²) in [5, 5.41) is 7.17. The Bertz CT molecular complexity index is 1360. The van der Waals surface area contributed by atoms with Crippen LogP contribution in [0.5, 0.6) is 11.5 Å². The highest BCUT2D eigenvalue weighted by Crippen LogP contribution is 2.32. The Kier molecular flexibility index (Phi) is 5.08.